The summed E-state index contributed by atoms with van der Waals surface area (Å²) in [5.41, 5.74) is 2.47. The van der Waals surface area contributed by atoms with E-state index < -0.39 is 0 Å². The second kappa shape index (κ2) is 4.73. The van der Waals surface area contributed by atoms with Gasteiger partial charge >= 0.3 is 0 Å². The lowest BCUT2D eigenvalue weighted by Crippen LogP contribution is -2.51. The molecule has 1 fully saturated rings. The lowest BCUT2D eigenvalue weighted by molar-refractivity contribution is 0.0459. The number of rotatable bonds is 3. The van der Waals surface area contributed by atoms with Crippen LogP contribution in [0.4, 0.5) is 0 Å². The van der Waals surface area contributed by atoms with Crippen LogP contribution >= 0.6 is 0 Å². The molecule has 0 saturated carbocycles. The maximum Gasteiger partial charge on any atom is 0.257 e. The van der Waals surface area contributed by atoms with Gasteiger partial charge in [-0.1, -0.05) is 0 Å². The molecule has 20 heavy (non-hydrogen) atoms. The first-order valence-corrected chi connectivity index (χ1v) is 6.68. The van der Waals surface area contributed by atoms with Crippen molar-refractivity contribution >= 4 is 5.91 Å². The minimum Gasteiger partial charge on any atom is -0.338 e. The van der Waals surface area contributed by atoms with Crippen LogP contribution in [0.5, 0.6) is 0 Å². The molecule has 0 unspecified atom stereocenters. The molecule has 7 heteroatoms. The molecular weight excluding hydrogens is 256 g/mol. The molecule has 0 bridgehead atoms. The summed E-state index contributed by atoms with van der Waals surface area (Å²) in [5, 5.41) is 8.39. The highest BCUT2D eigenvalue weighted by Gasteiger charge is 2.33. The molecule has 1 aliphatic heterocycles. The van der Waals surface area contributed by atoms with Gasteiger partial charge in [-0.3, -0.25) is 14.2 Å². The Morgan fingerprint density at radius 2 is 2.15 bits per heavy atom. The summed E-state index contributed by atoms with van der Waals surface area (Å²) in [6.45, 7) is 6.17. The molecule has 2 aromatic heterocycles. The Balaban J connectivity index is 1.63. The van der Waals surface area contributed by atoms with Crippen LogP contribution in [-0.4, -0.2) is 48.4 Å². The van der Waals surface area contributed by atoms with E-state index in [1.165, 1.54) is 6.33 Å². The zero-order valence-electron chi connectivity index (χ0n) is 11.9. The topological polar surface area (TPSA) is 68.8 Å². The molecule has 0 aliphatic carbocycles. The predicted molar refractivity (Wildman–Crippen MR) is 72.1 cm³/mol. The fraction of sp³-hybridized carbons (Fsp3) is 0.538. The molecule has 0 spiro atoms. The van der Waals surface area contributed by atoms with Crippen molar-refractivity contribution in [2.24, 2.45) is 13.0 Å². The number of amides is 1. The smallest absolute Gasteiger partial charge is 0.257 e. The Morgan fingerprint density at radius 1 is 1.40 bits per heavy atom. The fourth-order valence-electron chi connectivity index (χ4n) is 2.68. The second-order valence-electron chi connectivity index (χ2n) is 5.36. The zero-order chi connectivity index (χ0) is 14.3. The van der Waals surface area contributed by atoms with Crippen molar-refractivity contribution < 1.29 is 4.79 Å². The molecule has 0 atom stereocenters. The van der Waals surface area contributed by atoms with Crippen molar-refractivity contribution in [2.75, 3.05) is 13.1 Å². The van der Waals surface area contributed by atoms with Gasteiger partial charge in [-0.25, -0.2) is 4.98 Å². The number of nitrogens with zero attached hydrogens (tertiary/aromatic N) is 6. The zero-order valence-corrected chi connectivity index (χ0v) is 11.9. The van der Waals surface area contributed by atoms with E-state index in [0.717, 1.165) is 36.6 Å². The van der Waals surface area contributed by atoms with Crippen LogP contribution < -0.4 is 0 Å². The number of hydrogen-bond donors (Lipinski definition) is 0. The average Bonchev–Trinajstić information content (AvgIpc) is 2.93. The van der Waals surface area contributed by atoms with Crippen molar-refractivity contribution in [2.45, 2.75) is 20.4 Å². The van der Waals surface area contributed by atoms with Gasteiger partial charge in [-0.2, -0.15) is 10.2 Å². The van der Waals surface area contributed by atoms with Gasteiger partial charge in [0.25, 0.3) is 5.91 Å². The van der Waals surface area contributed by atoms with Crippen molar-refractivity contribution in [3.63, 3.8) is 0 Å². The SMILES string of the molecule is Cc1nn(C)c(C)c1C(=O)N1CC(Cn2cncn2)C1. The summed E-state index contributed by atoms with van der Waals surface area (Å²) in [6.07, 6.45) is 3.24. The number of carbonyl (C=O) groups excluding carboxylic acids is 1. The predicted octanol–water partition coefficient (Wildman–Crippen LogP) is 0.401. The second-order valence-corrected chi connectivity index (χ2v) is 5.36. The first-order valence-electron chi connectivity index (χ1n) is 6.68. The van der Waals surface area contributed by atoms with Crippen LogP contribution in [0.25, 0.3) is 0 Å². The van der Waals surface area contributed by atoms with Gasteiger partial charge in [0.2, 0.25) is 0 Å². The number of aromatic nitrogens is 5. The fourth-order valence-corrected chi connectivity index (χ4v) is 2.68. The Labute approximate surface area is 117 Å². The standard InChI is InChI=1S/C13H18N6O/c1-9-12(10(2)17(3)16-9)13(20)18-4-11(5-18)6-19-8-14-7-15-19/h7-8,11H,4-6H2,1-3H3. The molecule has 2 aromatic rings. The summed E-state index contributed by atoms with van der Waals surface area (Å²) in [4.78, 5) is 18.3. The van der Waals surface area contributed by atoms with Crippen LogP contribution in [0, 0.1) is 19.8 Å². The molecule has 0 aromatic carbocycles. The Morgan fingerprint density at radius 3 is 2.70 bits per heavy atom. The maximum atomic E-state index is 12.5. The van der Waals surface area contributed by atoms with E-state index in [0.29, 0.717) is 5.92 Å². The number of hydrogen-bond acceptors (Lipinski definition) is 4. The third-order valence-corrected chi connectivity index (χ3v) is 3.88. The van der Waals surface area contributed by atoms with Crippen molar-refractivity contribution in [1.82, 2.24) is 29.4 Å². The quantitative estimate of drug-likeness (QED) is 0.812. The van der Waals surface area contributed by atoms with Gasteiger partial charge in [-0.15, -0.1) is 0 Å². The first-order chi connectivity index (χ1) is 9.56. The highest BCUT2D eigenvalue weighted by molar-refractivity contribution is 5.96. The van der Waals surface area contributed by atoms with E-state index >= 15 is 0 Å². The molecule has 1 aliphatic rings. The first kappa shape index (κ1) is 12.8. The highest BCUT2D eigenvalue weighted by Crippen LogP contribution is 2.22. The largest absolute Gasteiger partial charge is 0.338 e. The Kier molecular flexibility index (Phi) is 3.04. The molecule has 1 saturated heterocycles. The van der Waals surface area contributed by atoms with E-state index in [9.17, 15) is 4.79 Å². The number of carbonyl (C=O) groups is 1. The van der Waals surface area contributed by atoms with Gasteiger partial charge in [0.1, 0.15) is 12.7 Å². The molecule has 106 valence electrons. The number of aryl methyl sites for hydroxylation is 2. The van der Waals surface area contributed by atoms with Crippen LogP contribution in [0.3, 0.4) is 0 Å². The summed E-state index contributed by atoms with van der Waals surface area (Å²) in [7, 11) is 1.86. The molecule has 0 radical (unpaired) electrons. The van der Waals surface area contributed by atoms with E-state index in [-0.39, 0.29) is 5.91 Å². The molecule has 3 heterocycles. The molecule has 7 nitrogen and oxygen atoms in total. The highest BCUT2D eigenvalue weighted by atomic mass is 16.2. The molecule has 0 N–H and O–H groups in total. The summed E-state index contributed by atoms with van der Waals surface area (Å²) in [6, 6.07) is 0. The van der Waals surface area contributed by atoms with E-state index in [1.807, 2.05) is 30.5 Å². The Hall–Kier alpha value is -2.18. The summed E-state index contributed by atoms with van der Waals surface area (Å²) < 4.78 is 3.57. The monoisotopic (exact) mass is 274 g/mol. The van der Waals surface area contributed by atoms with Crippen molar-refractivity contribution in [3.8, 4) is 0 Å². The summed E-state index contributed by atoms with van der Waals surface area (Å²) in [5.74, 6) is 0.542. The van der Waals surface area contributed by atoms with Crippen LogP contribution in [0.2, 0.25) is 0 Å². The van der Waals surface area contributed by atoms with E-state index in [2.05, 4.69) is 15.2 Å². The lowest BCUT2D eigenvalue weighted by Gasteiger charge is -2.39. The average molecular weight is 274 g/mol. The van der Waals surface area contributed by atoms with Crippen LogP contribution in [-0.2, 0) is 13.6 Å². The Bertz CT molecular complexity index is 624. The van der Waals surface area contributed by atoms with Crippen molar-refractivity contribution in [1.29, 1.82) is 0 Å². The maximum absolute atomic E-state index is 12.5. The molecule has 1 amide bonds. The normalized spacial score (nSPS) is 15.4. The van der Waals surface area contributed by atoms with Gasteiger partial charge in [0, 0.05) is 38.3 Å². The van der Waals surface area contributed by atoms with Crippen LogP contribution in [0.1, 0.15) is 21.7 Å². The molecule has 3 rings (SSSR count). The third-order valence-electron chi connectivity index (χ3n) is 3.88. The molecular formula is C13H18N6O. The van der Waals surface area contributed by atoms with Gasteiger partial charge in [-0.05, 0) is 13.8 Å². The van der Waals surface area contributed by atoms with E-state index in [4.69, 9.17) is 0 Å². The van der Waals surface area contributed by atoms with Crippen LogP contribution in [0.15, 0.2) is 12.7 Å². The number of likely N-dealkylation sites (tertiary alicyclic amines) is 1. The minimum absolute atomic E-state index is 0.0861. The van der Waals surface area contributed by atoms with Gasteiger partial charge in [0.05, 0.1) is 11.3 Å². The minimum atomic E-state index is 0.0861. The van der Waals surface area contributed by atoms with Gasteiger partial charge in [0.15, 0.2) is 0 Å². The third kappa shape index (κ3) is 2.09. The van der Waals surface area contributed by atoms with Gasteiger partial charge < -0.3 is 4.90 Å². The lowest BCUT2D eigenvalue weighted by atomic mass is 9.98. The summed E-state index contributed by atoms with van der Waals surface area (Å²) >= 11 is 0. The van der Waals surface area contributed by atoms with Crippen molar-refractivity contribution in [3.05, 3.63) is 29.6 Å². The van der Waals surface area contributed by atoms with E-state index in [1.54, 1.807) is 11.0 Å².